The largest absolute Gasteiger partial charge is 0.493 e. The van der Waals surface area contributed by atoms with Gasteiger partial charge in [0.25, 0.3) is 0 Å². The third-order valence-electron chi connectivity index (χ3n) is 4.81. The van der Waals surface area contributed by atoms with Crippen LogP contribution in [0.1, 0.15) is 40.2 Å². The minimum Gasteiger partial charge on any atom is -0.493 e. The SMILES string of the molecule is C=CCN(C(C)=O)c1c(O)n(C(C)(C)C)c2nc3c(CC)cccc3cc12. The number of carbonyl (C=O) groups excluding carboxylic acids is 1. The molecule has 0 atom stereocenters. The van der Waals surface area contributed by atoms with E-state index in [2.05, 4.69) is 19.6 Å². The highest BCUT2D eigenvalue weighted by Gasteiger charge is 2.30. The smallest absolute Gasteiger partial charge is 0.224 e. The van der Waals surface area contributed by atoms with Crippen LogP contribution in [0, 0.1) is 0 Å². The van der Waals surface area contributed by atoms with Gasteiger partial charge < -0.3 is 10.0 Å². The van der Waals surface area contributed by atoms with E-state index in [0.717, 1.165) is 28.3 Å². The van der Waals surface area contributed by atoms with Crippen LogP contribution in [-0.4, -0.2) is 27.1 Å². The van der Waals surface area contributed by atoms with Gasteiger partial charge in [-0.1, -0.05) is 31.2 Å². The first-order valence-electron chi connectivity index (χ1n) is 9.26. The first-order chi connectivity index (χ1) is 12.7. The summed E-state index contributed by atoms with van der Waals surface area (Å²) in [6.45, 7) is 13.7. The maximum atomic E-state index is 12.3. The zero-order chi connectivity index (χ0) is 19.9. The van der Waals surface area contributed by atoms with Crippen molar-refractivity contribution in [1.29, 1.82) is 0 Å². The molecule has 0 spiro atoms. The van der Waals surface area contributed by atoms with Crippen LogP contribution in [0.5, 0.6) is 5.88 Å². The maximum Gasteiger partial charge on any atom is 0.224 e. The molecule has 0 aliphatic carbocycles. The minimum atomic E-state index is -0.404. The van der Waals surface area contributed by atoms with Crippen molar-refractivity contribution >= 4 is 33.5 Å². The van der Waals surface area contributed by atoms with Crippen molar-refractivity contribution in [3.8, 4) is 5.88 Å². The van der Waals surface area contributed by atoms with E-state index in [4.69, 9.17) is 4.98 Å². The summed E-state index contributed by atoms with van der Waals surface area (Å²) in [5.41, 5.74) is 2.85. The number of carbonyl (C=O) groups is 1. The molecule has 0 unspecified atom stereocenters. The number of pyridine rings is 1. The molecule has 27 heavy (non-hydrogen) atoms. The molecule has 3 rings (SSSR count). The number of aromatic nitrogens is 2. The molecule has 0 fully saturated rings. The number of nitrogens with zero attached hydrogens (tertiary/aromatic N) is 3. The number of aromatic hydroxyl groups is 1. The molecule has 1 amide bonds. The highest BCUT2D eigenvalue weighted by atomic mass is 16.3. The lowest BCUT2D eigenvalue weighted by Gasteiger charge is -2.24. The maximum absolute atomic E-state index is 12.3. The van der Waals surface area contributed by atoms with Gasteiger partial charge in [-0.3, -0.25) is 9.36 Å². The van der Waals surface area contributed by atoms with E-state index in [9.17, 15) is 9.90 Å². The number of anilines is 1. The lowest BCUT2D eigenvalue weighted by molar-refractivity contribution is -0.116. The van der Waals surface area contributed by atoms with Crippen LogP contribution in [-0.2, 0) is 16.8 Å². The second kappa shape index (κ2) is 6.72. The number of para-hydroxylation sites is 1. The summed E-state index contributed by atoms with van der Waals surface area (Å²) in [5.74, 6) is -0.101. The third-order valence-corrected chi connectivity index (χ3v) is 4.81. The van der Waals surface area contributed by atoms with Crippen LogP contribution in [0.15, 0.2) is 36.9 Å². The Morgan fingerprint density at radius 3 is 2.63 bits per heavy atom. The van der Waals surface area contributed by atoms with E-state index in [1.54, 1.807) is 11.0 Å². The summed E-state index contributed by atoms with van der Waals surface area (Å²) in [6.07, 6.45) is 2.53. The fourth-order valence-corrected chi connectivity index (χ4v) is 3.61. The number of hydrogen-bond acceptors (Lipinski definition) is 3. The van der Waals surface area contributed by atoms with E-state index >= 15 is 0 Å². The van der Waals surface area contributed by atoms with Crippen molar-refractivity contribution in [3.63, 3.8) is 0 Å². The molecule has 2 aromatic heterocycles. The topological polar surface area (TPSA) is 58.4 Å². The van der Waals surface area contributed by atoms with E-state index in [-0.39, 0.29) is 11.8 Å². The molecule has 0 aliphatic heterocycles. The molecule has 1 N–H and O–H groups in total. The first kappa shape index (κ1) is 19.0. The van der Waals surface area contributed by atoms with E-state index in [1.165, 1.54) is 6.92 Å². The standard InChI is InChI=1S/C22H27N3O2/c1-7-12-24(14(3)26)19-17-13-16-11-9-10-15(8-2)18(16)23-20(17)25(21(19)27)22(4,5)6/h7,9-11,13,27H,1,8,12H2,2-6H3. The third kappa shape index (κ3) is 3.07. The summed E-state index contributed by atoms with van der Waals surface area (Å²) in [6, 6.07) is 8.13. The molecule has 0 radical (unpaired) electrons. The number of aryl methyl sites for hydroxylation is 1. The zero-order valence-corrected chi connectivity index (χ0v) is 16.7. The first-order valence-corrected chi connectivity index (χ1v) is 9.26. The molecule has 0 aliphatic rings. The second-order valence-electron chi connectivity index (χ2n) is 7.80. The Labute approximate surface area is 159 Å². The average molecular weight is 365 g/mol. The van der Waals surface area contributed by atoms with E-state index in [0.29, 0.717) is 17.9 Å². The van der Waals surface area contributed by atoms with Gasteiger partial charge in [0.1, 0.15) is 11.3 Å². The highest BCUT2D eigenvalue weighted by Crippen LogP contribution is 2.43. The summed E-state index contributed by atoms with van der Waals surface area (Å²) in [7, 11) is 0. The monoisotopic (exact) mass is 365 g/mol. The summed E-state index contributed by atoms with van der Waals surface area (Å²) < 4.78 is 1.81. The fraction of sp³-hybridized carbons (Fsp3) is 0.364. The number of fused-ring (bicyclic) bond motifs is 2. The Bertz CT molecular complexity index is 1040. The predicted molar refractivity (Wildman–Crippen MR) is 112 cm³/mol. The fourth-order valence-electron chi connectivity index (χ4n) is 3.61. The molecule has 3 aromatic rings. The molecular weight excluding hydrogens is 338 g/mol. The van der Waals surface area contributed by atoms with Gasteiger partial charge in [-0.2, -0.15) is 0 Å². The lowest BCUT2D eigenvalue weighted by Crippen LogP contribution is -2.28. The van der Waals surface area contributed by atoms with Crippen LogP contribution >= 0.6 is 0 Å². The Morgan fingerprint density at radius 1 is 1.37 bits per heavy atom. The zero-order valence-electron chi connectivity index (χ0n) is 16.7. The van der Waals surface area contributed by atoms with Crippen LogP contribution in [0.25, 0.3) is 21.9 Å². The summed E-state index contributed by atoms with van der Waals surface area (Å²) in [4.78, 5) is 18.8. The van der Waals surface area contributed by atoms with Crippen molar-refractivity contribution in [2.24, 2.45) is 0 Å². The van der Waals surface area contributed by atoms with E-state index < -0.39 is 5.54 Å². The Kier molecular flexibility index (Phi) is 4.72. The molecule has 0 saturated carbocycles. The van der Waals surface area contributed by atoms with Crippen molar-refractivity contribution < 1.29 is 9.90 Å². The second-order valence-corrected chi connectivity index (χ2v) is 7.80. The van der Waals surface area contributed by atoms with Crippen molar-refractivity contribution in [2.75, 3.05) is 11.4 Å². The number of amides is 1. The molecule has 0 bridgehead atoms. The highest BCUT2D eigenvalue weighted by molar-refractivity contribution is 6.08. The molecule has 5 heteroatoms. The Balaban J connectivity index is 2.49. The van der Waals surface area contributed by atoms with Gasteiger partial charge in [0.2, 0.25) is 11.8 Å². The Hall–Kier alpha value is -2.82. The van der Waals surface area contributed by atoms with Crippen molar-refractivity contribution in [2.45, 2.75) is 46.6 Å². The molecular formula is C22H27N3O2. The van der Waals surface area contributed by atoms with Gasteiger partial charge in [0.15, 0.2) is 0 Å². The van der Waals surface area contributed by atoms with E-state index in [1.807, 2.05) is 43.5 Å². The van der Waals surface area contributed by atoms with Gasteiger partial charge in [-0.05, 0) is 38.8 Å². The van der Waals surface area contributed by atoms with Crippen LogP contribution in [0.2, 0.25) is 0 Å². The molecule has 2 heterocycles. The average Bonchev–Trinajstić information content (AvgIpc) is 2.87. The van der Waals surface area contributed by atoms with Crippen LogP contribution in [0.3, 0.4) is 0 Å². The summed E-state index contributed by atoms with van der Waals surface area (Å²) in [5, 5.41) is 12.9. The van der Waals surface area contributed by atoms with Gasteiger partial charge in [0, 0.05) is 29.8 Å². The predicted octanol–water partition coefficient (Wildman–Crippen LogP) is 4.75. The van der Waals surface area contributed by atoms with Crippen molar-refractivity contribution in [1.82, 2.24) is 9.55 Å². The minimum absolute atomic E-state index is 0.0513. The normalized spacial score (nSPS) is 11.9. The number of benzene rings is 1. The van der Waals surface area contributed by atoms with Gasteiger partial charge in [-0.25, -0.2) is 4.98 Å². The van der Waals surface area contributed by atoms with Crippen LogP contribution in [0.4, 0.5) is 5.69 Å². The van der Waals surface area contributed by atoms with Crippen molar-refractivity contribution in [3.05, 3.63) is 42.5 Å². The number of hydrogen-bond donors (Lipinski definition) is 1. The van der Waals surface area contributed by atoms with Gasteiger partial charge in [-0.15, -0.1) is 6.58 Å². The lowest BCUT2D eigenvalue weighted by atomic mass is 10.1. The summed E-state index contributed by atoms with van der Waals surface area (Å²) >= 11 is 0. The Morgan fingerprint density at radius 2 is 2.07 bits per heavy atom. The van der Waals surface area contributed by atoms with Gasteiger partial charge >= 0.3 is 0 Å². The molecule has 1 aromatic carbocycles. The molecule has 0 saturated heterocycles. The quantitative estimate of drug-likeness (QED) is 0.679. The van der Waals surface area contributed by atoms with Crippen LogP contribution < -0.4 is 4.90 Å². The molecule has 5 nitrogen and oxygen atoms in total. The molecule has 142 valence electrons. The van der Waals surface area contributed by atoms with Gasteiger partial charge in [0.05, 0.1) is 5.52 Å². The number of rotatable bonds is 4.